The number of nitrogens with zero attached hydrogens (tertiary/aromatic N) is 3. The highest BCUT2D eigenvalue weighted by molar-refractivity contribution is 5.92. The van der Waals surface area contributed by atoms with E-state index >= 15 is 0 Å². The molecule has 1 atom stereocenters. The topological polar surface area (TPSA) is 90.1 Å². The second kappa shape index (κ2) is 7.57. The van der Waals surface area contributed by atoms with Gasteiger partial charge in [0.1, 0.15) is 11.4 Å². The molecule has 0 fully saturated rings. The molecule has 0 aliphatic heterocycles. The number of hydrogen-bond acceptors (Lipinski definition) is 6. The summed E-state index contributed by atoms with van der Waals surface area (Å²) in [5.41, 5.74) is 1.21. The van der Waals surface area contributed by atoms with E-state index in [9.17, 15) is 4.79 Å². The van der Waals surface area contributed by atoms with E-state index in [4.69, 9.17) is 9.26 Å². The van der Waals surface area contributed by atoms with Gasteiger partial charge in [-0.2, -0.15) is 4.98 Å². The summed E-state index contributed by atoms with van der Waals surface area (Å²) in [7, 11) is 1.55. The van der Waals surface area contributed by atoms with Gasteiger partial charge in [0, 0.05) is 12.1 Å². The third-order valence-electron chi connectivity index (χ3n) is 3.67. The molecule has 0 aliphatic rings. The predicted octanol–water partition coefficient (Wildman–Crippen LogP) is 2.67. The maximum atomic E-state index is 12.1. The molecular weight excluding hydrogens is 320 g/mol. The van der Waals surface area contributed by atoms with Crippen molar-refractivity contribution in [3.8, 4) is 17.1 Å². The van der Waals surface area contributed by atoms with Crippen LogP contribution in [0.5, 0.6) is 5.75 Å². The van der Waals surface area contributed by atoms with Crippen molar-refractivity contribution in [1.29, 1.82) is 0 Å². The van der Waals surface area contributed by atoms with Crippen molar-refractivity contribution in [3.63, 3.8) is 0 Å². The summed E-state index contributed by atoms with van der Waals surface area (Å²) < 4.78 is 10.3. The smallest absolute Gasteiger partial charge is 0.269 e. The summed E-state index contributed by atoms with van der Waals surface area (Å²) in [6, 6.07) is 12.9. The second-order valence-electron chi connectivity index (χ2n) is 5.52. The van der Waals surface area contributed by atoms with E-state index in [1.807, 2.05) is 37.3 Å². The maximum absolute atomic E-state index is 12.1. The van der Waals surface area contributed by atoms with Crippen LogP contribution in [0.25, 0.3) is 11.4 Å². The fourth-order valence-corrected chi connectivity index (χ4v) is 2.20. The van der Waals surface area contributed by atoms with Gasteiger partial charge >= 0.3 is 0 Å². The fourth-order valence-electron chi connectivity index (χ4n) is 2.20. The van der Waals surface area contributed by atoms with E-state index in [0.717, 1.165) is 5.56 Å². The van der Waals surface area contributed by atoms with Gasteiger partial charge < -0.3 is 14.6 Å². The van der Waals surface area contributed by atoms with Crippen molar-refractivity contribution >= 4 is 5.91 Å². The number of carbonyl (C=O) groups excluding carboxylic acids is 1. The molecule has 128 valence electrons. The van der Waals surface area contributed by atoms with Gasteiger partial charge in [0.15, 0.2) is 0 Å². The standard InChI is InChI=1S/C18H18N4O3/c1-12(10-20-17(23)15-9-8-14(24-2)11-19-15)18-21-16(22-25-18)13-6-4-3-5-7-13/h3-9,11-12H,10H2,1-2H3,(H,20,23). The molecule has 1 N–H and O–H groups in total. The molecule has 7 nitrogen and oxygen atoms in total. The van der Waals surface area contributed by atoms with Gasteiger partial charge in [-0.05, 0) is 12.1 Å². The molecule has 0 saturated heterocycles. The second-order valence-corrected chi connectivity index (χ2v) is 5.52. The van der Waals surface area contributed by atoms with Crippen LogP contribution in [0, 0.1) is 0 Å². The highest BCUT2D eigenvalue weighted by Crippen LogP contribution is 2.19. The normalized spacial score (nSPS) is 11.8. The largest absolute Gasteiger partial charge is 0.495 e. The lowest BCUT2D eigenvalue weighted by Gasteiger charge is -2.08. The van der Waals surface area contributed by atoms with Crippen molar-refractivity contribution in [1.82, 2.24) is 20.4 Å². The Labute approximate surface area is 145 Å². The predicted molar refractivity (Wildman–Crippen MR) is 91.3 cm³/mol. The number of nitrogens with one attached hydrogen (secondary N) is 1. The number of carbonyl (C=O) groups is 1. The SMILES string of the molecule is COc1ccc(C(=O)NCC(C)c2nc(-c3ccccc3)no2)nc1. The molecule has 0 saturated carbocycles. The van der Waals surface area contributed by atoms with E-state index < -0.39 is 0 Å². The van der Waals surface area contributed by atoms with Gasteiger partial charge in [-0.25, -0.2) is 4.98 Å². The van der Waals surface area contributed by atoms with E-state index in [-0.39, 0.29) is 11.8 Å². The first kappa shape index (κ1) is 16.6. The van der Waals surface area contributed by atoms with Gasteiger partial charge in [0.2, 0.25) is 11.7 Å². The van der Waals surface area contributed by atoms with Crippen LogP contribution < -0.4 is 10.1 Å². The van der Waals surface area contributed by atoms with Crippen LogP contribution in [0.3, 0.4) is 0 Å². The van der Waals surface area contributed by atoms with Crippen molar-refractivity contribution in [3.05, 3.63) is 60.2 Å². The van der Waals surface area contributed by atoms with Crippen LogP contribution >= 0.6 is 0 Å². The number of ether oxygens (including phenoxy) is 1. The molecule has 2 heterocycles. The van der Waals surface area contributed by atoms with Crippen LogP contribution in [0.4, 0.5) is 0 Å². The number of methoxy groups -OCH3 is 1. The number of pyridine rings is 1. The van der Waals surface area contributed by atoms with Crippen LogP contribution in [0.2, 0.25) is 0 Å². The Morgan fingerprint density at radius 1 is 1.24 bits per heavy atom. The van der Waals surface area contributed by atoms with Crippen LogP contribution in [0.15, 0.2) is 53.2 Å². The van der Waals surface area contributed by atoms with E-state index in [1.54, 1.807) is 19.2 Å². The summed E-state index contributed by atoms with van der Waals surface area (Å²) in [4.78, 5) is 20.6. The van der Waals surface area contributed by atoms with E-state index in [0.29, 0.717) is 29.7 Å². The summed E-state index contributed by atoms with van der Waals surface area (Å²) in [6.45, 7) is 2.27. The lowest BCUT2D eigenvalue weighted by molar-refractivity contribution is 0.0945. The molecule has 1 amide bonds. The van der Waals surface area contributed by atoms with Crippen molar-refractivity contribution in [2.24, 2.45) is 0 Å². The molecule has 3 aromatic rings. The first-order valence-corrected chi connectivity index (χ1v) is 7.84. The summed E-state index contributed by atoms with van der Waals surface area (Å²) in [5.74, 6) is 1.22. The number of amides is 1. The number of hydrogen-bond donors (Lipinski definition) is 1. The molecule has 0 bridgehead atoms. The first-order valence-electron chi connectivity index (χ1n) is 7.84. The van der Waals surface area contributed by atoms with E-state index in [1.165, 1.54) is 6.20 Å². The lowest BCUT2D eigenvalue weighted by atomic mass is 10.1. The summed E-state index contributed by atoms with van der Waals surface area (Å²) in [6.07, 6.45) is 1.50. The van der Waals surface area contributed by atoms with Crippen molar-refractivity contribution in [2.75, 3.05) is 13.7 Å². The fraction of sp³-hybridized carbons (Fsp3) is 0.222. The molecular formula is C18H18N4O3. The van der Waals surface area contributed by atoms with Crippen LogP contribution in [-0.2, 0) is 0 Å². The minimum absolute atomic E-state index is 0.118. The van der Waals surface area contributed by atoms with Crippen molar-refractivity contribution in [2.45, 2.75) is 12.8 Å². The average Bonchev–Trinajstić information content (AvgIpc) is 3.17. The molecule has 0 aliphatic carbocycles. The molecule has 1 unspecified atom stereocenters. The van der Waals surface area contributed by atoms with Gasteiger partial charge in [0.25, 0.3) is 5.91 Å². The monoisotopic (exact) mass is 338 g/mol. The van der Waals surface area contributed by atoms with Gasteiger partial charge in [-0.15, -0.1) is 0 Å². The number of aromatic nitrogens is 3. The highest BCUT2D eigenvalue weighted by atomic mass is 16.5. The molecule has 1 aromatic carbocycles. The molecule has 0 radical (unpaired) electrons. The Hall–Kier alpha value is -3.22. The Morgan fingerprint density at radius 3 is 2.72 bits per heavy atom. The Kier molecular flexibility index (Phi) is 5.03. The Bertz CT molecular complexity index is 831. The van der Waals surface area contributed by atoms with E-state index in [2.05, 4.69) is 20.4 Å². The van der Waals surface area contributed by atoms with Crippen LogP contribution in [-0.4, -0.2) is 34.7 Å². The zero-order chi connectivity index (χ0) is 17.6. The zero-order valence-corrected chi connectivity index (χ0v) is 14.0. The zero-order valence-electron chi connectivity index (χ0n) is 14.0. The first-order chi connectivity index (χ1) is 12.2. The van der Waals surface area contributed by atoms with Crippen molar-refractivity contribution < 1.29 is 14.1 Å². The van der Waals surface area contributed by atoms with Crippen LogP contribution in [0.1, 0.15) is 29.2 Å². The number of benzene rings is 1. The maximum Gasteiger partial charge on any atom is 0.269 e. The minimum atomic E-state index is -0.266. The Balaban J connectivity index is 1.59. The van der Waals surface area contributed by atoms with Gasteiger partial charge in [0.05, 0.1) is 19.2 Å². The Morgan fingerprint density at radius 2 is 2.04 bits per heavy atom. The minimum Gasteiger partial charge on any atom is -0.495 e. The third kappa shape index (κ3) is 4.00. The number of rotatable bonds is 6. The third-order valence-corrected chi connectivity index (χ3v) is 3.67. The summed E-state index contributed by atoms with van der Waals surface area (Å²) >= 11 is 0. The average molecular weight is 338 g/mol. The highest BCUT2D eigenvalue weighted by Gasteiger charge is 2.17. The quantitative estimate of drug-likeness (QED) is 0.743. The molecule has 3 rings (SSSR count). The molecule has 0 spiro atoms. The molecule has 7 heteroatoms. The van der Waals surface area contributed by atoms with Gasteiger partial charge in [-0.3, -0.25) is 4.79 Å². The lowest BCUT2D eigenvalue weighted by Crippen LogP contribution is -2.28. The molecule has 25 heavy (non-hydrogen) atoms. The van der Waals surface area contributed by atoms with Gasteiger partial charge in [-0.1, -0.05) is 42.4 Å². The summed E-state index contributed by atoms with van der Waals surface area (Å²) in [5, 5.41) is 6.80. The molecule has 2 aromatic heterocycles.